The smallest absolute Gasteiger partial charge is 0.160 e. The first kappa shape index (κ1) is 15.8. The zero-order chi connectivity index (χ0) is 5.86. The van der Waals surface area contributed by atoms with Crippen LogP contribution in [0.2, 0.25) is 0 Å². The van der Waals surface area contributed by atoms with Crippen LogP contribution in [-0.4, -0.2) is 28.7 Å². The van der Waals surface area contributed by atoms with Gasteiger partial charge in [-0.05, 0) is 6.92 Å². The molecule has 0 aliphatic heterocycles. The Morgan fingerprint density at radius 3 is 1.89 bits per heavy atom. The van der Waals surface area contributed by atoms with E-state index in [0.717, 1.165) is 0 Å². The summed E-state index contributed by atoms with van der Waals surface area (Å²) in [5.74, 6) is -0.400. The maximum Gasteiger partial charge on any atom is 0.160 e. The third-order valence-electron chi connectivity index (χ3n) is 0.642. The molecule has 0 aliphatic carbocycles. The van der Waals surface area contributed by atoms with E-state index in [1.165, 1.54) is 6.92 Å². The van der Waals surface area contributed by atoms with Crippen molar-refractivity contribution in [2.24, 2.45) is 0 Å². The molecule has 0 aliphatic rings. The van der Waals surface area contributed by atoms with Gasteiger partial charge in [-0.15, -0.1) is 0 Å². The second-order valence-electron chi connectivity index (χ2n) is 1.31. The molecule has 0 aromatic carbocycles. The standard InChI is InChI=1S/C4H8O3.2CH4/c1-3(6)4(7)2-5;;/h4-5,7H,2H2,1H3;2*1H4. The largest absolute Gasteiger partial charge is 0.393 e. The molecule has 0 spiro atoms. The number of carbonyl (C=O) groups excluding carboxylic acids is 1. The highest BCUT2D eigenvalue weighted by Gasteiger charge is 2.04. The van der Waals surface area contributed by atoms with E-state index in [1.54, 1.807) is 0 Å². The van der Waals surface area contributed by atoms with Gasteiger partial charge in [0.2, 0.25) is 0 Å². The van der Waals surface area contributed by atoms with E-state index in [9.17, 15) is 4.79 Å². The molecule has 3 heteroatoms. The summed E-state index contributed by atoms with van der Waals surface area (Å²) in [5, 5.41) is 16.4. The fraction of sp³-hybridized carbons (Fsp3) is 0.833. The molecule has 0 saturated carbocycles. The van der Waals surface area contributed by atoms with Crippen molar-refractivity contribution in [3.63, 3.8) is 0 Å². The van der Waals surface area contributed by atoms with E-state index in [0.29, 0.717) is 0 Å². The minimum absolute atomic E-state index is 0. The normalized spacial score (nSPS) is 10.6. The van der Waals surface area contributed by atoms with Crippen molar-refractivity contribution in [1.82, 2.24) is 0 Å². The van der Waals surface area contributed by atoms with E-state index < -0.39 is 18.5 Å². The molecule has 0 rings (SSSR count). The summed E-state index contributed by atoms with van der Waals surface area (Å²) in [6, 6.07) is 0. The zero-order valence-corrected chi connectivity index (χ0v) is 4.09. The Kier molecular flexibility index (Phi) is 13.4. The van der Waals surface area contributed by atoms with Crippen LogP contribution in [0, 0.1) is 0 Å². The lowest BCUT2D eigenvalue weighted by atomic mass is 10.3. The van der Waals surface area contributed by atoms with Gasteiger partial charge in [0.05, 0.1) is 6.61 Å². The van der Waals surface area contributed by atoms with Crippen molar-refractivity contribution in [3.05, 3.63) is 0 Å². The van der Waals surface area contributed by atoms with Gasteiger partial charge in [-0.1, -0.05) is 14.9 Å². The minimum Gasteiger partial charge on any atom is -0.393 e. The highest BCUT2D eigenvalue weighted by molar-refractivity contribution is 5.80. The number of rotatable bonds is 2. The summed E-state index contributed by atoms with van der Waals surface area (Å²) in [5.41, 5.74) is 0. The van der Waals surface area contributed by atoms with Gasteiger partial charge < -0.3 is 10.2 Å². The predicted octanol–water partition coefficient (Wildman–Crippen LogP) is 0.201. The number of Topliss-reactive ketones (excluding diaryl/α,β-unsaturated/α-hetero) is 1. The molecule has 9 heavy (non-hydrogen) atoms. The molecule has 0 amide bonds. The van der Waals surface area contributed by atoms with Crippen molar-refractivity contribution < 1.29 is 15.0 Å². The summed E-state index contributed by atoms with van der Waals surface area (Å²) in [4.78, 5) is 9.96. The molecule has 0 bridgehead atoms. The van der Waals surface area contributed by atoms with Gasteiger partial charge in [-0.3, -0.25) is 4.79 Å². The molecule has 58 valence electrons. The average molecular weight is 136 g/mol. The van der Waals surface area contributed by atoms with Crippen LogP contribution in [0.1, 0.15) is 21.8 Å². The monoisotopic (exact) mass is 136 g/mol. The summed E-state index contributed by atoms with van der Waals surface area (Å²) in [6.07, 6.45) is -1.18. The molecule has 0 fully saturated rings. The van der Waals surface area contributed by atoms with Gasteiger partial charge in [-0.2, -0.15) is 0 Å². The number of aliphatic hydroxyl groups excluding tert-OH is 2. The summed E-state index contributed by atoms with van der Waals surface area (Å²) in [7, 11) is 0. The quantitative estimate of drug-likeness (QED) is 0.570. The van der Waals surface area contributed by atoms with Crippen molar-refractivity contribution in [2.45, 2.75) is 27.9 Å². The molecule has 0 radical (unpaired) electrons. The highest BCUT2D eigenvalue weighted by atomic mass is 16.3. The van der Waals surface area contributed by atoms with Crippen molar-refractivity contribution in [2.75, 3.05) is 6.61 Å². The molecule has 1 unspecified atom stereocenters. The van der Waals surface area contributed by atoms with Gasteiger partial charge >= 0.3 is 0 Å². The van der Waals surface area contributed by atoms with Crippen molar-refractivity contribution in [1.29, 1.82) is 0 Å². The lowest BCUT2D eigenvalue weighted by Crippen LogP contribution is -2.20. The maximum atomic E-state index is 9.96. The molecular formula is C6H16O3. The first-order valence-corrected chi connectivity index (χ1v) is 1.98. The molecule has 3 nitrogen and oxygen atoms in total. The molecule has 0 saturated heterocycles. The van der Waals surface area contributed by atoms with Gasteiger partial charge in [0.25, 0.3) is 0 Å². The second-order valence-corrected chi connectivity index (χ2v) is 1.31. The van der Waals surface area contributed by atoms with E-state index in [4.69, 9.17) is 10.2 Å². The van der Waals surface area contributed by atoms with Gasteiger partial charge in [0, 0.05) is 0 Å². The van der Waals surface area contributed by atoms with Crippen molar-refractivity contribution in [3.8, 4) is 0 Å². The molecular weight excluding hydrogens is 120 g/mol. The fourth-order valence-corrected chi connectivity index (χ4v) is 0.129. The van der Waals surface area contributed by atoms with Crippen LogP contribution in [0.5, 0.6) is 0 Å². The van der Waals surface area contributed by atoms with Crippen LogP contribution in [-0.2, 0) is 4.79 Å². The van der Waals surface area contributed by atoms with Gasteiger partial charge in [-0.25, -0.2) is 0 Å². The topological polar surface area (TPSA) is 57.5 Å². The molecule has 1 atom stereocenters. The Balaban J connectivity index is -0.000000180. The summed E-state index contributed by atoms with van der Waals surface area (Å²) in [6.45, 7) is 0.746. The number of carbonyl (C=O) groups is 1. The third kappa shape index (κ3) is 7.59. The number of hydrogen-bond donors (Lipinski definition) is 2. The molecule has 2 N–H and O–H groups in total. The van der Waals surface area contributed by atoms with Crippen LogP contribution in [0.25, 0.3) is 0 Å². The second kappa shape index (κ2) is 7.59. The van der Waals surface area contributed by atoms with E-state index in [2.05, 4.69) is 0 Å². The van der Waals surface area contributed by atoms with E-state index in [-0.39, 0.29) is 14.9 Å². The Bertz CT molecular complexity index is 70.7. The van der Waals surface area contributed by atoms with Crippen molar-refractivity contribution >= 4 is 5.78 Å². The minimum atomic E-state index is -1.18. The molecule has 0 aromatic rings. The Morgan fingerprint density at radius 2 is 1.89 bits per heavy atom. The number of aliphatic hydroxyl groups is 2. The van der Waals surface area contributed by atoms with Gasteiger partial charge in [0.15, 0.2) is 5.78 Å². The molecule has 0 heterocycles. The first-order chi connectivity index (χ1) is 3.18. The number of ketones is 1. The zero-order valence-electron chi connectivity index (χ0n) is 4.09. The first-order valence-electron chi connectivity index (χ1n) is 1.98. The van der Waals surface area contributed by atoms with Gasteiger partial charge in [0.1, 0.15) is 6.10 Å². The SMILES string of the molecule is C.C.CC(=O)C(O)CO. The molecule has 0 aromatic heterocycles. The fourth-order valence-electron chi connectivity index (χ4n) is 0.129. The Hall–Kier alpha value is -0.410. The summed E-state index contributed by atoms with van der Waals surface area (Å²) < 4.78 is 0. The maximum absolute atomic E-state index is 9.96. The van der Waals surface area contributed by atoms with Crippen LogP contribution in [0.3, 0.4) is 0 Å². The van der Waals surface area contributed by atoms with Crippen LogP contribution in [0.4, 0.5) is 0 Å². The number of hydrogen-bond acceptors (Lipinski definition) is 3. The van der Waals surface area contributed by atoms with Crippen LogP contribution >= 0.6 is 0 Å². The predicted molar refractivity (Wildman–Crippen MR) is 37.2 cm³/mol. The van der Waals surface area contributed by atoms with Crippen LogP contribution < -0.4 is 0 Å². The lowest BCUT2D eigenvalue weighted by molar-refractivity contribution is -0.126. The van der Waals surface area contributed by atoms with E-state index >= 15 is 0 Å². The lowest BCUT2D eigenvalue weighted by Gasteiger charge is -1.97. The van der Waals surface area contributed by atoms with E-state index in [1.807, 2.05) is 0 Å². The third-order valence-corrected chi connectivity index (χ3v) is 0.642. The highest BCUT2D eigenvalue weighted by Crippen LogP contribution is 1.79. The Morgan fingerprint density at radius 1 is 1.56 bits per heavy atom. The average Bonchev–Trinajstić information content (AvgIpc) is 1.65. The Labute approximate surface area is 56.3 Å². The summed E-state index contributed by atoms with van der Waals surface area (Å²) >= 11 is 0. The van der Waals surface area contributed by atoms with Crippen LogP contribution in [0.15, 0.2) is 0 Å².